The van der Waals surface area contributed by atoms with Crippen LogP contribution in [0, 0.1) is 49.9 Å². The van der Waals surface area contributed by atoms with E-state index in [1.54, 1.807) is 13.8 Å². The molecule has 0 aliphatic rings. The first-order valence-electron chi connectivity index (χ1n) is 6.51. The normalized spacial score (nSPS) is 11.5. The van der Waals surface area contributed by atoms with Gasteiger partial charge in [-0.3, -0.25) is 0 Å². The molecule has 0 atom stereocenters. The van der Waals surface area contributed by atoms with Crippen LogP contribution in [-0.2, 0) is 0 Å². The summed E-state index contributed by atoms with van der Waals surface area (Å²) < 4.78 is 76.7. The molecule has 0 bridgehead atoms. The van der Waals surface area contributed by atoms with Crippen LogP contribution >= 0.6 is 11.7 Å². The van der Waals surface area contributed by atoms with Crippen molar-refractivity contribution in [3.05, 3.63) is 45.8 Å². The fraction of sp³-hybridized carbons (Fsp3) is 0.200. The number of nitrogens with zero attached hydrogens (tertiary/aromatic N) is 2. The van der Waals surface area contributed by atoms with E-state index in [1.165, 1.54) is 6.92 Å². The summed E-state index contributed by atoms with van der Waals surface area (Å²) in [5, 5.41) is 0. The quantitative estimate of drug-likeness (QED) is 0.353. The summed E-state index contributed by atoms with van der Waals surface area (Å²) in [6.45, 7) is 4.73. The summed E-state index contributed by atoms with van der Waals surface area (Å²) in [5.41, 5.74) is 1.25. The number of hydrogen-bond donors (Lipinski definition) is 0. The van der Waals surface area contributed by atoms with Crippen LogP contribution in [0.3, 0.4) is 0 Å². The van der Waals surface area contributed by atoms with Crippen molar-refractivity contribution in [1.82, 2.24) is 8.75 Å². The van der Waals surface area contributed by atoms with Gasteiger partial charge in [0.2, 0.25) is 5.82 Å². The van der Waals surface area contributed by atoms with Gasteiger partial charge in [0.15, 0.2) is 23.3 Å². The van der Waals surface area contributed by atoms with E-state index in [2.05, 4.69) is 8.75 Å². The van der Waals surface area contributed by atoms with Gasteiger partial charge in [-0.15, -0.1) is 0 Å². The Hall–Kier alpha value is -2.09. The molecule has 0 saturated heterocycles. The molecule has 0 unspecified atom stereocenters. The van der Waals surface area contributed by atoms with Crippen LogP contribution < -0.4 is 0 Å². The standard InChI is InChI=1S/C15H9F5N2S/c1-4-5(2)14-15(22-23-21-14)6(3)7(4)8-9(16)11(18)13(20)12(19)10(8)17/h1-3H3. The third kappa shape index (κ3) is 2.04. The number of aryl methyl sites for hydroxylation is 2. The van der Waals surface area contributed by atoms with Crippen molar-refractivity contribution in [2.24, 2.45) is 0 Å². The molecule has 0 radical (unpaired) electrons. The highest BCUT2D eigenvalue weighted by Crippen LogP contribution is 2.39. The number of fused-ring (bicyclic) bond motifs is 1. The predicted molar refractivity (Wildman–Crippen MR) is 76.9 cm³/mol. The molecule has 8 heteroatoms. The molecule has 0 saturated carbocycles. The van der Waals surface area contributed by atoms with Gasteiger partial charge in [0.1, 0.15) is 11.0 Å². The van der Waals surface area contributed by atoms with Gasteiger partial charge in [-0.1, -0.05) is 0 Å². The molecule has 0 aliphatic heterocycles. The minimum Gasteiger partial charge on any atom is -0.203 e. The Labute approximate surface area is 131 Å². The minimum absolute atomic E-state index is 0.0458. The zero-order chi connectivity index (χ0) is 17.0. The van der Waals surface area contributed by atoms with Gasteiger partial charge in [-0.25, -0.2) is 22.0 Å². The lowest BCUT2D eigenvalue weighted by atomic mass is 9.90. The highest BCUT2D eigenvalue weighted by molar-refractivity contribution is 7.00. The molecule has 23 heavy (non-hydrogen) atoms. The highest BCUT2D eigenvalue weighted by atomic mass is 32.1. The van der Waals surface area contributed by atoms with E-state index in [0.29, 0.717) is 27.7 Å². The Kier molecular flexibility index (Phi) is 3.59. The number of halogens is 5. The third-order valence-corrected chi connectivity index (χ3v) is 4.50. The van der Waals surface area contributed by atoms with Crippen LogP contribution in [0.4, 0.5) is 22.0 Å². The molecule has 1 heterocycles. The molecule has 2 aromatic carbocycles. The number of aromatic nitrogens is 2. The summed E-state index contributed by atoms with van der Waals surface area (Å²) in [6.07, 6.45) is 0. The van der Waals surface area contributed by atoms with E-state index >= 15 is 0 Å². The van der Waals surface area contributed by atoms with Crippen molar-refractivity contribution in [2.45, 2.75) is 20.8 Å². The molecule has 2 nitrogen and oxygen atoms in total. The summed E-state index contributed by atoms with van der Waals surface area (Å²) in [5.74, 6) is -9.81. The van der Waals surface area contributed by atoms with Crippen LogP contribution in [0.2, 0.25) is 0 Å². The molecule has 0 fully saturated rings. The van der Waals surface area contributed by atoms with E-state index in [1.807, 2.05) is 0 Å². The zero-order valence-corrected chi connectivity index (χ0v) is 13.0. The third-order valence-electron chi connectivity index (χ3n) is 3.97. The fourth-order valence-electron chi connectivity index (χ4n) is 2.64. The molecule has 3 aromatic rings. The number of hydrogen-bond acceptors (Lipinski definition) is 3. The molecule has 1 aromatic heterocycles. The van der Waals surface area contributed by atoms with E-state index in [0.717, 1.165) is 11.7 Å². The van der Waals surface area contributed by atoms with E-state index in [4.69, 9.17) is 0 Å². The van der Waals surface area contributed by atoms with Crippen molar-refractivity contribution in [3.63, 3.8) is 0 Å². The molecule has 0 aliphatic carbocycles. The van der Waals surface area contributed by atoms with Crippen LogP contribution in [0.1, 0.15) is 16.7 Å². The SMILES string of the molecule is Cc1c(-c2c(F)c(F)c(F)c(F)c2F)c(C)c2nsnc2c1C. The molecule has 0 spiro atoms. The molecule has 0 amide bonds. The minimum atomic E-state index is -2.17. The lowest BCUT2D eigenvalue weighted by molar-refractivity contribution is 0.381. The van der Waals surface area contributed by atoms with E-state index in [9.17, 15) is 22.0 Å². The largest absolute Gasteiger partial charge is 0.203 e. The van der Waals surface area contributed by atoms with Crippen molar-refractivity contribution >= 4 is 22.8 Å². The lowest BCUT2D eigenvalue weighted by Crippen LogP contribution is -2.06. The van der Waals surface area contributed by atoms with E-state index in [-0.39, 0.29) is 5.56 Å². The second-order valence-electron chi connectivity index (χ2n) is 5.16. The van der Waals surface area contributed by atoms with Gasteiger partial charge in [0.05, 0.1) is 17.3 Å². The number of benzene rings is 2. The first-order valence-corrected chi connectivity index (χ1v) is 7.24. The van der Waals surface area contributed by atoms with Crippen LogP contribution in [0.25, 0.3) is 22.2 Å². The summed E-state index contributed by atoms with van der Waals surface area (Å²) >= 11 is 0.915. The van der Waals surface area contributed by atoms with Crippen LogP contribution in [0.5, 0.6) is 0 Å². The summed E-state index contributed by atoms with van der Waals surface area (Å²) in [6, 6.07) is 0. The van der Waals surface area contributed by atoms with Gasteiger partial charge in [0, 0.05) is 0 Å². The fourth-order valence-corrected chi connectivity index (χ4v) is 3.30. The van der Waals surface area contributed by atoms with Gasteiger partial charge < -0.3 is 0 Å². The molecule has 0 N–H and O–H groups in total. The summed E-state index contributed by atoms with van der Waals surface area (Å²) in [7, 11) is 0. The highest BCUT2D eigenvalue weighted by Gasteiger charge is 2.29. The first-order chi connectivity index (χ1) is 10.8. The maximum atomic E-state index is 14.2. The Morgan fingerprint density at radius 1 is 0.565 bits per heavy atom. The molecule has 120 valence electrons. The average molecular weight is 344 g/mol. The van der Waals surface area contributed by atoms with Crippen LogP contribution in [0.15, 0.2) is 0 Å². The van der Waals surface area contributed by atoms with Gasteiger partial charge in [0.25, 0.3) is 0 Å². The lowest BCUT2D eigenvalue weighted by Gasteiger charge is -2.16. The van der Waals surface area contributed by atoms with Crippen molar-refractivity contribution in [3.8, 4) is 11.1 Å². The zero-order valence-electron chi connectivity index (χ0n) is 12.2. The average Bonchev–Trinajstić information content (AvgIpc) is 3.02. The maximum absolute atomic E-state index is 14.2. The second-order valence-corrected chi connectivity index (χ2v) is 5.68. The summed E-state index contributed by atoms with van der Waals surface area (Å²) in [4.78, 5) is 0. The van der Waals surface area contributed by atoms with Crippen molar-refractivity contribution in [1.29, 1.82) is 0 Å². The maximum Gasteiger partial charge on any atom is 0.200 e. The first kappa shape index (κ1) is 15.8. The van der Waals surface area contributed by atoms with Gasteiger partial charge in [-0.2, -0.15) is 8.75 Å². The topological polar surface area (TPSA) is 25.8 Å². The Morgan fingerprint density at radius 2 is 1.00 bits per heavy atom. The van der Waals surface area contributed by atoms with Gasteiger partial charge >= 0.3 is 0 Å². The van der Waals surface area contributed by atoms with Crippen molar-refractivity contribution < 1.29 is 22.0 Å². The molecular formula is C15H9F5N2S. The van der Waals surface area contributed by atoms with Crippen LogP contribution in [-0.4, -0.2) is 8.75 Å². The molecule has 3 rings (SSSR count). The van der Waals surface area contributed by atoms with Crippen molar-refractivity contribution in [2.75, 3.05) is 0 Å². The second kappa shape index (κ2) is 5.23. The predicted octanol–water partition coefficient (Wildman–Crippen LogP) is 4.98. The van der Waals surface area contributed by atoms with E-state index < -0.39 is 34.6 Å². The Morgan fingerprint density at radius 3 is 1.52 bits per heavy atom. The monoisotopic (exact) mass is 344 g/mol. The number of rotatable bonds is 1. The van der Waals surface area contributed by atoms with Gasteiger partial charge in [-0.05, 0) is 43.0 Å². The molecular weight excluding hydrogens is 335 g/mol. The Bertz CT molecular complexity index is 936. The smallest absolute Gasteiger partial charge is 0.200 e. The Balaban J connectivity index is 2.53.